The fourth-order valence-electron chi connectivity index (χ4n) is 1.22. The van der Waals surface area contributed by atoms with Gasteiger partial charge in [0.1, 0.15) is 5.75 Å². The first kappa shape index (κ1) is 11.8. The molecular formula is C12H9IN2O2. The summed E-state index contributed by atoms with van der Waals surface area (Å²) in [4.78, 5) is 15.5. The van der Waals surface area contributed by atoms with Crippen LogP contribution in [0, 0.1) is 3.57 Å². The third kappa shape index (κ3) is 3.70. The number of ether oxygens (including phenoxy) is 1. The third-order valence-corrected chi connectivity index (χ3v) is 2.49. The summed E-state index contributed by atoms with van der Waals surface area (Å²) in [6.45, 7) is 0. The number of hydrogen-bond donors (Lipinski definition) is 1. The molecule has 1 amide bonds. The van der Waals surface area contributed by atoms with Crippen molar-refractivity contribution in [1.82, 2.24) is 4.98 Å². The minimum Gasteiger partial charge on any atom is -0.410 e. The Balaban J connectivity index is 1.98. The molecular weight excluding hydrogens is 331 g/mol. The second-order valence-electron chi connectivity index (χ2n) is 3.22. The lowest BCUT2D eigenvalue weighted by Crippen LogP contribution is -2.16. The van der Waals surface area contributed by atoms with Gasteiger partial charge in [-0.15, -0.1) is 0 Å². The molecule has 1 heterocycles. The Morgan fingerprint density at radius 3 is 2.71 bits per heavy atom. The Morgan fingerprint density at radius 1 is 1.24 bits per heavy atom. The van der Waals surface area contributed by atoms with E-state index < -0.39 is 6.09 Å². The van der Waals surface area contributed by atoms with Gasteiger partial charge >= 0.3 is 6.09 Å². The maximum atomic E-state index is 11.5. The van der Waals surface area contributed by atoms with Crippen molar-refractivity contribution in [2.45, 2.75) is 0 Å². The molecule has 86 valence electrons. The number of nitrogens with zero attached hydrogens (tertiary/aromatic N) is 1. The highest BCUT2D eigenvalue weighted by molar-refractivity contribution is 14.1. The van der Waals surface area contributed by atoms with Crippen LogP contribution in [0.1, 0.15) is 0 Å². The number of halogens is 1. The molecule has 0 bridgehead atoms. The standard InChI is InChI=1S/C12H9IN2O2/c13-9-6-10(8-14-7-9)15-12(16)17-11-4-2-1-3-5-11/h1-8H,(H,15,16). The Kier molecular flexibility index (Phi) is 3.92. The fraction of sp³-hybridized carbons (Fsp3) is 0. The van der Waals surface area contributed by atoms with E-state index in [1.807, 2.05) is 6.07 Å². The molecule has 4 nitrogen and oxygen atoms in total. The Morgan fingerprint density at radius 2 is 2.00 bits per heavy atom. The summed E-state index contributed by atoms with van der Waals surface area (Å²) < 4.78 is 6.02. The molecule has 0 saturated heterocycles. The van der Waals surface area contributed by atoms with Crippen molar-refractivity contribution in [3.63, 3.8) is 0 Å². The normalized spacial score (nSPS) is 9.71. The van der Waals surface area contributed by atoms with Crippen LogP contribution >= 0.6 is 22.6 Å². The molecule has 0 radical (unpaired) electrons. The number of hydrogen-bond acceptors (Lipinski definition) is 3. The highest BCUT2D eigenvalue weighted by Crippen LogP contribution is 2.12. The second kappa shape index (κ2) is 5.62. The lowest BCUT2D eigenvalue weighted by atomic mass is 10.3. The van der Waals surface area contributed by atoms with Gasteiger partial charge in [-0.25, -0.2) is 4.79 Å². The first-order chi connectivity index (χ1) is 8.24. The number of carbonyl (C=O) groups excluding carboxylic acids is 1. The number of benzene rings is 1. The molecule has 2 rings (SSSR count). The number of para-hydroxylation sites is 1. The number of carbonyl (C=O) groups is 1. The highest BCUT2D eigenvalue weighted by atomic mass is 127. The average molecular weight is 340 g/mol. The Labute approximate surface area is 112 Å². The van der Waals surface area contributed by atoms with E-state index >= 15 is 0 Å². The predicted octanol–water partition coefficient (Wildman–Crippen LogP) is 3.30. The largest absolute Gasteiger partial charge is 0.417 e. The Hall–Kier alpha value is -1.63. The lowest BCUT2D eigenvalue weighted by Gasteiger charge is -2.06. The third-order valence-electron chi connectivity index (χ3n) is 1.91. The maximum Gasteiger partial charge on any atom is 0.417 e. The van der Waals surface area contributed by atoms with Gasteiger partial charge in [-0.2, -0.15) is 0 Å². The molecule has 0 aliphatic rings. The van der Waals surface area contributed by atoms with Crippen molar-refractivity contribution in [2.75, 3.05) is 5.32 Å². The van der Waals surface area contributed by atoms with Gasteiger partial charge < -0.3 is 4.74 Å². The van der Waals surface area contributed by atoms with E-state index in [1.165, 1.54) is 0 Å². The Bertz CT molecular complexity index is 517. The summed E-state index contributed by atoms with van der Waals surface area (Å²) >= 11 is 2.12. The molecule has 0 aliphatic heterocycles. The van der Waals surface area contributed by atoms with Crippen molar-refractivity contribution >= 4 is 34.4 Å². The maximum absolute atomic E-state index is 11.5. The summed E-state index contributed by atoms with van der Waals surface area (Å²) in [6.07, 6.45) is 2.74. The number of nitrogens with one attached hydrogen (secondary N) is 1. The molecule has 0 atom stereocenters. The van der Waals surface area contributed by atoms with Gasteiger partial charge in [0.05, 0.1) is 11.9 Å². The van der Waals surface area contributed by atoms with Gasteiger partial charge in [-0.1, -0.05) is 18.2 Å². The van der Waals surface area contributed by atoms with Crippen LogP contribution in [-0.2, 0) is 0 Å². The van der Waals surface area contributed by atoms with Gasteiger partial charge in [-0.3, -0.25) is 10.3 Å². The van der Waals surface area contributed by atoms with Crippen LogP contribution in [0.15, 0.2) is 48.8 Å². The molecule has 5 heteroatoms. The van der Waals surface area contributed by atoms with Gasteiger partial charge in [0, 0.05) is 9.77 Å². The number of pyridine rings is 1. The molecule has 1 aromatic carbocycles. The summed E-state index contributed by atoms with van der Waals surface area (Å²) in [5, 5.41) is 2.60. The summed E-state index contributed by atoms with van der Waals surface area (Å²) in [5.41, 5.74) is 0.609. The molecule has 0 spiro atoms. The minimum atomic E-state index is -0.528. The zero-order valence-electron chi connectivity index (χ0n) is 8.76. The number of rotatable bonds is 2. The molecule has 0 aliphatic carbocycles. The number of aromatic nitrogens is 1. The number of amides is 1. The van der Waals surface area contributed by atoms with E-state index in [9.17, 15) is 4.79 Å². The minimum absolute atomic E-state index is 0.503. The van der Waals surface area contributed by atoms with E-state index in [4.69, 9.17) is 4.74 Å². The molecule has 2 aromatic rings. The van der Waals surface area contributed by atoms with Crippen molar-refractivity contribution in [2.24, 2.45) is 0 Å². The fourth-order valence-corrected chi connectivity index (χ4v) is 1.72. The first-order valence-electron chi connectivity index (χ1n) is 4.88. The summed E-state index contributed by atoms with van der Waals surface area (Å²) in [5.74, 6) is 0.503. The van der Waals surface area contributed by atoms with Crippen LogP contribution in [0.25, 0.3) is 0 Å². The van der Waals surface area contributed by atoms with Crippen LogP contribution in [0.2, 0.25) is 0 Å². The van der Waals surface area contributed by atoms with E-state index in [-0.39, 0.29) is 0 Å². The lowest BCUT2D eigenvalue weighted by molar-refractivity contribution is 0.215. The topological polar surface area (TPSA) is 51.2 Å². The monoisotopic (exact) mass is 340 g/mol. The van der Waals surface area contributed by atoms with Crippen molar-refractivity contribution in [1.29, 1.82) is 0 Å². The van der Waals surface area contributed by atoms with Crippen LogP contribution in [0.4, 0.5) is 10.5 Å². The summed E-state index contributed by atoms with van der Waals surface area (Å²) in [6, 6.07) is 10.7. The van der Waals surface area contributed by atoms with Crippen molar-refractivity contribution in [3.8, 4) is 5.75 Å². The van der Waals surface area contributed by atoms with Crippen LogP contribution in [0.3, 0.4) is 0 Å². The van der Waals surface area contributed by atoms with E-state index in [0.717, 1.165) is 3.57 Å². The zero-order chi connectivity index (χ0) is 12.1. The molecule has 1 N–H and O–H groups in total. The van der Waals surface area contributed by atoms with Gasteiger partial charge in [0.25, 0.3) is 0 Å². The van der Waals surface area contributed by atoms with Gasteiger partial charge in [0.15, 0.2) is 0 Å². The van der Waals surface area contributed by atoms with Crippen molar-refractivity contribution < 1.29 is 9.53 Å². The SMILES string of the molecule is O=C(Nc1cncc(I)c1)Oc1ccccc1. The van der Waals surface area contributed by atoms with E-state index in [2.05, 4.69) is 32.9 Å². The average Bonchev–Trinajstić information content (AvgIpc) is 2.30. The first-order valence-corrected chi connectivity index (χ1v) is 5.96. The zero-order valence-corrected chi connectivity index (χ0v) is 10.9. The molecule has 1 aromatic heterocycles. The molecule has 17 heavy (non-hydrogen) atoms. The van der Waals surface area contributed by atoms with Gasteiger partial charge in [0.2, 0.25) is 0 Å². The summed E-state index contributed by atoms with van der Waals surface area (Å²) in [7, 11) is 0. The van der Waals surface area contributed by atoms with Gasteiger partial charge in [-0.05, 0) is 40.8 Å². The predicted molar refractivity (Wildman–Crippen MR) is 73.0 cm³/mol. The molecule has 0 saturated carbocycles. The number of anilines is 1. The van der Waals surface area contributed by atoms with Crippen LogP contribution in [0.5, 0.6) is 5.75 Å². The van der Waals surface area contributed by atoms with E-state index in [1.54, 1.807) is 42.7 Å². The smallest absolute Gasteiger partial charge is 0.410 e. The van der Waals surface area contributed by atoms with Crippen LogP contribution in [-0.4, -0.2) is 11.1 Å². The van der Waals surface area contributed by atoms with E-state index in [0.29, 0.717) is 11.4 Å². The second-order valence-corrected chi connectivity index (χ2v) is 4.47. The molecule has 0 unspecified atom stereocenters. The van der Waals surface area contributed by atoms with Crippen molar-refractivity contribution in [3.05, 3.63) is 52.4 Å². The highest BCUT2D eigenvalue weighted by Gasteiger charge is 2.04. The molecule has 0 fully saturated rings. The quantitative estimate of drug-likeness (QED) is 0.854. The van der Waals surface area contributed by atoms with Crippen LogP contribution < -0.4 is 10.1 Å².